The van der Waals surface area contributed by atoms with Gasteiger partial charge in [-0.25, -0.2) is 0 Å². The third-order valence-corrected chi connectivity index (χ3v) is 4.42. The van der Waals surface area contributed by atoms with E-state index in [1.807, 2.05) is 103 Å². The summed E-state index contributed by atoms with van der Waals surface area (Å²) >= 11 is 0. The molecule has 0 unspecified atom stereocenters. The molecule has 0 bridgehead atoms. The molecule has 0 amide bonds. The number of allylic oxidation sites excluding steroid dienone is 2. The average Bonchev–Trinajstić information content (AvgIpc) is 2.83. The molecule has 144 valence electrons. The molecule has 0 atom stereocenters. The first-order valence-electron chi connectivity index (χ1n) is 9.27. The van der Waals surface area contributed by atoms with Gasteiger partial charge in [0.25, 0.3) is 0 Å². The normalized spacial score (nSPS) is 9.16. The predicted molar refractivity (Wildman–Crippen MR) is 120 cm³/mol. The van der Waals surface area contributed by atoms with E-state index in [1.165, 1.54) is 0 Å². The zero-order valence-electron chi connectivity index (χ0n) is 16.4. The Hall–Kier alpha value is -5.10. The summed E-state index contributed by atoms with van der Waals surface area (Å²) in [5, 5.41) is 35.8. The van der Waals surface area contributed by atoms with E-state index in [-0.39, 0.29) is 11.1 Å². The Balaban J connectivity index is 2.02. The fourth-order valence-corrected chi connectivity index (χ4v) is 2.98. The first-order chi connectivity index (χ1) is 15.2. The number of benzene rings is 3. The molecule has 3 rings (SSSR count). The number of hydrogen-bond donors (Lipinski definition) is 0. The summed E-state index contributed by atoms with van der Waals surface area (Å²) in [6, 6.07) is 32.4. The van der Waals surface area contributed by atoms with E-state index in [0.717, 1.165) is 28.2 Å². The highest BCUT2D eigenvalue weighted by atomic mass is 15.1. The summed E-state index contributed by atoms with van der Waals surface area (Å²) in [6.07, 6.45) is 3.08. The molecule has 0 heterocycles. The van der Waals surface area contributed by atoms with E-state index >= 15 is 0 Å². The molecule has 0 fully saturated rings. The third-order valence-electron chi connectivity index (χ3n) is 4.42. The smallest absolute Gasteiger partial charge is 0.130 e. The first-order valence-corrected chi connectivity index (χ1v) is 9.27. The van der Waals surface area contributed by atoms with Crippen molar-refractivity contribution in [3.63, 3.8) is 0 Å². The van der Waals surface area contributed by atoms with Gasteiger partial charge in [-0.1, -0.05) is 42.5 Å². The highest BCUT2D eigenvalue weighted by molar-refractivity contribution is 5.78. The molecule has 0 N–H and O–H groups in total. The van der Waals surface area contributed by atoms with E-state index in [1.54, 1.807) is 12.2 Å². The van der Waals surface area contributed by atoms with Crippen molar-refractivity contribution in [2.75, 3.05) is 4.90 Å². The monoisotopic (exact) mass is 397 g/mol. The quantitative estimate of drug-likeness (QED) is 0.490. The number of anilines is 3. The minimum absolute atomic E-state index is 0.0467. The lowest BCUT2D eigenvalue weighted by Gasteiger charge is -2.25. The van der Waals surface area contributed by atoms with Crippen LogP contribution in [0.1, 0.15) is 11.1 Å². The van der Waals surface area contributed by atoms with Gasteiger partial charge in [-0.15, -0.1) is 0 Å². The fourth-order valence-electron chi connectivity index (χ4n) is 2.98. The molecule has 5 heteroatoms. The SMILES string of the molecule is N#CC(C#N)=Cc1ccc(N(c2ccccc2)c2ccc(C=C(C#N)C#N)cc2)cc1. The van der Waals surface area contributed by atoms with E-state index in [9.17, 15) is 0 Å². The molecule has 3 aromatic rings. The minimum atomic E-state index is 0.0467. The standard InChI is InChI=1S/C26H15N5/c27-16-22(17-28)14-20-6-10-25(11-7-20)31(24-4-2-1-3-5-24)26-12-8-21(9-13-26)15-23(18-29)19-30/h1-15H. The van der Waals surface area contributed by atoms with Crippen LogP contribution < -0.4 is 4.90 Å². The molecule has 3 aromatic carbocycles. The van der Waals surface area contributed by atoms with Crippen molar-refractivity contribution in [2.45, 2.75) is 0 Å². The number of nitriles is 4. The Morgan fingerprint density at radius 3 is 1.23 bits per heavy atom. The largest absolute Gasteiger partial charge is 0.311 e. The molecule has 0 saturated carbocycles. The molecule has 0 aliphatic heterocycles. The van der Waals surface area contributed by atoms with Gasteiger partial charge in [0.2, 0.25) is 0 Å². The van der Waals surface area contributed by atoms with Gasteiger partial charge in [0.05, 0.1) is 0 Å². The van der Waals surface area contributed by atoms with Crippen molar-refractivity contribution in [1.29, 1.82) is 21.0 Å². The average molecular weight is 397 g/mol. The van der Waals surface area contributed by atoms with Gasteiger partial charge in [-0.3, -0.25) is 0 Å². The van der Waals surface area contributed by atoms with Crippen LogP contribution in [0.3, 0.4) is 0 Å². The summed E-state index contributed by atoms with van der Waals surface area (Å²) in [7, 11) is 0. The predicted octanol–water partition coefficient (Wildman–Crippen LogP) is 6.02. The van der Waals surface area contributed by atoms with E-state index in [0.29, 0.717) is 0 Å². The maximum atomic E-state index is 8.95. The lowest BCUT2D eigenvalue weighted by Crippen LogP contribution is -2.09. The van der Waals surface area contributed by atoms with E-state index in [4.69, 9.17) is 21.0 Å². The number of hydrogen-bond acceptors (Lipinski definition) is 5. The van der Waals surface area contributed by atoms with Crippen molar-refractivity contribution in [2.24, 2.45) is 0 Å². The van der Waals surface area contributed by atoms with Crippen LogP contribution in [0, 0.1) is 45.3 Å². The zero-order valence-corrected chi connectivity index (χ0v) is 16.4. The fraction of sp³-hybridized carbons (Fsp3) is 0. The van der Waals surface area contributed by atoms with Crippen molar-refractivity contribution in [1.82, 2.24) is 0 Å². The van der Waals surface area contributed by atoms with Gasteiger partial charge in [-0.2, -0.15) is 21.0 Å². The summed E-state index contributed by atoms with van der Waals surface area (Å²) in [5.74, 6) is 0. The molecular weight excluding hydrogens is 382 g/mol. The number of para-hydroxylation sites is 1. The molecule has 5 nitrogen and oxygen atoms in total. The maximum Gasteiger partial charge on any atom is 0.130 e. The summed E-state index contributed by atoms with van der Waals surface area (Å²) < 4.78 is 0. The Morgan fingerprint density at radius 1 is 0.516 bits per heavy atom. The van der Waals surface area contributed by atoms with Crippen molar-refractivity contribution < 1.29 is 0 Å². The van der Waals surface area contributed by atoms with Crippen molar-refractivity contribution in [3.05, 3.63) is 101 Å². The van der Waals surface area contributed by atoms with Crippen LogP contribution in [-0.4, -0.2) is 0 Å². The molecule has 0 aromatic heterocycles. The molecule has 0 aliphatic carbocycles. The van der Waals surface area contributed by atoms with Crippen LogP contribution in [0.15, 0.2) is 90.0 Å². The van der Waals surface area contributed by atoms with Gasteiger partial charge in [-0.05, 0) is 59.7 Å². The second kappa shape index (κ2) is 9.90. The molecule has 0 spiro atoms. The second-order valence-electron chi connectivity index (χ2n) is 6.42. The van der Waals surface area contributed by atoms with Crippen molar-refractivity contribution >= 4 is 29.2 Å². The second-order valence-corrected chi connectivity index (χ2v) is 6.42. The Bertz CT molecular complexity index is 1170. The Kier molecular flexibility index (Phi) is 6.59. The van der Waals surface area contributed by atoms with Gasteiger partial charge in [0, 0.05) is 17.1 Å². The maximum absolute atomic E-state index is 8.95. The molecule has 0 saturated heterocycles. The van der Waals surface area contributed by atoms with Crippen LogP contribution >= 0.6 is 0 Å². The van der Waals surface area contributed by atoms with Gasteiger partial charge in [0.1, 0.15) is 35.4 Å². The van der Waals surface area contributed by atoms with Gasteiger partial charge >= 0.3 is 0 Å². The minimum Gasteiger partial charge on any atom is -0.311 e. The van der Waals surface area contributed by atoms with Crippen LogP contribution in [0.25, 0.3) is 12.2 Å². The van der Waals surface area contributed by atoms with E-state index < -0.39 is 0 Å². The van der Waals surface area contributed by atoms with Crippen molar-refractivity contribution in [3.8, 4) is 24.3 Å². The lowest BCUT2D eigenvalue weighted by atomic mass is 10.1. The van der Waals surface area contributed by atoms with Crippen LogP contribution in [0.4, 0.5) is 17.1 Å². The van der Waals surface area contributed by atoms with Crippen LogP contribution in [0.5, 0.6) is 0 Å². The summed E-state index contributed by atoms with van der Waals surface area (Å²) in [4.78, 5) is 2.06. The molecule has 31 heavy (non-hydrogen) atoms. The van der Waals surface area contributed by atoms with Gasteiger partial charge < -0.3 is 4.90 Å². The zero-order chi connectivity index (χ0) is 22.1. The summed E-state index contributed by atoms with van der Waals surface area (Å²) in [5.41, 5.74) is 4.37. The molecule has 0 radical (unpaired) electrons. The van der Waals surface area contributed by atoms with E-state index in [2.05, 4.69) is 4.90 Å². The lowest BCUT2D eigenvalue weighted by molar-refractivity contribution is 1.28. The molecular formula is C26H15N5. The number of rotatable bonds is 5. The Labute approximate surface area is 180 Å². The number of nitrogens with zero attached hydrogens (tertiary/aromatic N) is 5. The third kappa shape index (κ3) is 5.04. The highest BCUT2D eigenvalue weighted by Gasteiger charge is 2.12. The summed E-state index contributed by atoms with van der Waals surface area (Å²) in [6.45, 7) is 0. The Morgan fingerprint density at radius 2 is 0.871 bits per heavy atom. The first kappa shape index (κ1) is 20.6. The van der Waals surface area contributed by atoms with Crippen LogP contribution in [-0.2, 0) is 0 Å². The van der Waals surface area contributed by atoms with Crippen LogP contribution in [0.2, 0.25) is 0 Å². The van der Waals surface area contributed by atoms with Gasteiger partial charge in [0.15, 0.2) is 0 Å². The highest BCUT2D eigenvalue weighted by Crippen LogP contribution is 2.34. The molecule has 0 aliphatic rings. The topological polar surface area (TPSA) is 98.4 Å².